The molecule has 1 aliphatic heterocycles. The van der Waals surface area contributed by atoms with E-state index >= 15 is 0 Å². The van der Waals surface area contributed by atoms with Gasteiger partial charge in [-0.1, -0.05) is 18.6 Å². The number of pyridine rings is 1. The standard InChI is InChI=1S/C27H25N5O3S/c1-16-24(35-26(29-16)18-5-2-6-18)25(34)31-27-30-21(15-36-27)19-7-9-22-20(12-19)8-10-23(33)32(22)14-17-4-3-11-28-13-17/h3-4,7,9,11-13,15,18H,2,5-6,8,10,14H2,1H3,(H,30,31,34). The van der Waals surface area contributed by atoms with Gasteiger partial charge < -0.3 is 9.32 Å². The second kappa shape index (κ2) is 9.31. The molecule has 0 radical (unpaired) electrons. The Hall–Kier alpha value is -3.85. The Morgan fingerprint density at radius 1 is 1.22 bits per heavy atom. The van der Waals surface area contributed by atoms with Gasteiger partial charge in [0.05, 0.1) is 17.9 Å². The summed E-state index contributed by atoms with van der Waals surface area (Å²) in [6, 6.07) is 9.89. The molecule has 1 N–H and O–H groups in total. The molecule has 6 rings (SSSR count). The minimum Gasteiger partial charge on any atom is -0.435 e. The smallest absolute Gasteiger partial charge is 0.295 e. The quantitative estimate of drug-likeness (QED) is 0.376. The maximum absolute atomic E-state index is 12.8. The second-order valence-electron chi connectivity index (χ2n) is 9.27. The largest absolute Gasteiger partial charge is 0.435 e. The van der Waals surface area contributed by atoms with Gasteiger partial charge in [0.2, 0.25) is 11.7 Å². The molecule has 1 aromatic carbocycles. The highest BCUT2D eigenvalue weighted by atomic mass is 32.1. The number of oxazole rings is 1. The minimum absolute atomic E-state index is 0.112. The molecule has 0 spiro atoms. The Kier molecular flexibility index (Phi) is 5.85. The van der Waals surface area contributed by atoms with Gasteiger partial charge in [0, 0.05) is 41.4 Å². The van der Waals surface area contributed by atoms with Crippen molar-refractivity contribution in [3.05, 3.63) is 76.6 Å². The molecule has 1 aliphatic carbocycles. The van der Waals surface area contributed by atoms with E-state index in [0.717, 1.165) is 40.9 Å². The number of anilines is 2. The van der Waals surface area contributed by atoms with Crippen LogP contribution in [0.15, 0.2) is 52.5 Å². The van der Waals surface area contributed by atoms with E-state index in [1.807, 2.05) is 34.5 Å². The van der Waals surface area contributed by atoms with E-state index in [4.69, 9.17) is 4.42 Å². The lowest BCUT2D eigenvalue weighted by molar-refractivity contribution is -0.119. The second-order valence-corrected chi connectivity index (χ2v) is 10.1. The Balaban J connectivity index is 1.19. The summed E-state index contributed by atoms with van der Waals surface area (Å²) in [4.78, 5) is 40.5. The Labute approximate surface area is 212 Å². The number of benzene rings is 1. The predicted molar refractivity (Wildman–Crippen MR) is 137 cm³/mol. The number of rotatable bonds is 6. The third kappa shape index (κ3) is 4.30. The fourth-order valence-corrected chi connectivity index (χ4v) is 5.36. The molecule has 0 atom stereocenters. The van der Waals surface area contributed by atoms with Crippen molar-refractivity contribution in [1.29, 1.82) is 0 Å². The molecule has 8 nitrogen and oxygen atoms in total. The number of nitrogens with one attached hydrogen (secondary N) is 1. The van der Waals surface area contributed by atoms with Crippen LogP contribution in [0.3, 0.4) is 0 Å². The monoisotopic (exact) mass is 499 g/mol. The van der Waals surface area contributed by atoms with E-state index < -0.39 is 0 Å². The van der Waals surface area contributed by atoms with Crippen molar-refractivity contribution in [3.63, 3.8) is 0 Å². The summed E-state index contributed by atoms with van der Waals surface area (Å²) in [5.41, 5.74) is 5.35. The molecular weight excluding hydrogens is 474 g/mol. The molecule has 4 heterocycles. The van der Waals surface area contributed by atoms with E-state index in [9.17, 15) is 9.59 Å². The molecule has 36 heavy (non-hydrogen) atoms. The fraction of sp³-hybridized carbons (Fsp3) is 0.296. The maximum Gasteiger partial charge on any atom is 0.295 e. The van der Waals surface area contributed by atoms with Crippen molar-refractivity contribution in [3.8, 4) is 11.3 Å². The van der Waals surface area contributed by atoms with Gasteiger partial charge in [-0.05, 0) is 55.5 Å². The SMILES string of the molecule is Cc1nc(C2CCC2)oc1C(=O)Nc1nc(-c2ccc3c(c2)CCC(=O)N3Cc2cccnc2)cs1. The van der Waals surface area contributed by atoms with Crippen molar-refractivity contribution in [1.82, 2.24) is 15.0 Å². The summed E-state index contributed by atoms with van der Waals surface area (Å²) in [7, 11) is 0. The van der Waals surface area contributed by atoms with Crippen LogP contribution in [0.1, 0.15) is 64.9 Å². The highest BCUT2D eigenvalue weighted by Crippen LogP contribution is 2.37. The fourth-order valence-electron chi connectivity index (χ4n) is 4.64. The van der Waals surface area contributed by atoms with Gasteiger partial charge in [-0.25, -0.2) is 9.97 Å². The number of amides is 2. The number of fused-ring (bicyclic) bond motifs is 1. The zero-order valence-corrected chi connectivity index (χ0v) is 20.7. The van der Waals surface area contributed by atoms with E-state index in [2.05, 4.69) is 26.3 Å². The van der Waals surface area contributed by atoms with E-state index in [1.165, 1.54) is 17.8 Å². The van der Waals surface area contributed by atoms with Crippen LogP contribution in [0.4, 0.5) is 10.8 Å². The number of hydrogen-bond donors (Lipinski definition) is 1. The zero-order valence-electron chi connectivity index (χ0n) is 19.9. The van der Waals surface area contributed by atoms with Crippen molar-refractivity contribution < 1.29 is 14.0 Å². The van der Waals surface area contributed by atoms with Crippen LogP contribution in [0.2, 0.25) is 0 Å². The average Bonchev–Trinajstić information content (AvgIpc) is 3.47. The predicted octanol–water partition coefficient (Wildman–Crippen LogP) is 5.50. The van der Waals surface area contributed by atoms with E-state index in [1.54, 1.807) is 19.3 Å². The molecular formula is C27H25N5O3S. The third-order valence-corrected chi connectivity index (χ3v) is 7.59. The van der Waals surface area contributed by atoms with Gasteiger partial charge in [-0.15, -0.1) is 11.3 Å². The summed E-state index contributed by atoms with van der Waals surface area (Å²) in [5.74, 6) is 1.02. The van der Waals surface area contributed by atoms with Gasteiger partial charge in [0.25, 0.3) is 5.91 Å². The van der Waals surface area contributed by atoms with Crippen molar-refractivity contribution in [2.24, 2.45) is 0 Å². The van der Waals surface area contributed by atoms with Crippen LogP contribution in [0.5, 0.6) is 0 Å². The molecule has 3 aromatic heterocycles. The van der Waals surface area contributed by atoms with Crippen LogP contribution in [0.25, 0.3) is 11.3 Å². The van der Waals surface area contributed by atoms with Crippen molar-refractivity contribution in [2.45, 2.75) is 51.5 Å². The summed E-state index contributed by atoms with van der Waals surface area (Å²) >= 11 is 1.37. The Morgan fingerprint density at radius 3 is 2.89 bits per heavy atom. The Bertz CT molecular complexity index is 1440. The van der Waals surface area contributed by atoms with Gasteiger partial charge in [-0.2, -0.15) is 0 Å². The first-order chi connectivity index (χ1) is 17.5. The number of nitrogens with zero attached hydrogens (tertiary/aromatic N) is 4. The highest BCUT2D eigenvalue weighted by Gasteiger charge is 2.28. The first kappa shape index (κ1) is 22.6. The third-order valence-electron chi connectivity index (χ3n) is 6.84. The van der Waals surface area contributed by atoms with Gasteiger partial charge >= 0.3 is 0 Å². The van der Waals surface area contributed by atoms with E-state index in [0.29, 0.717) is 42.0 Å². The topological polar surface area (TPSA) is 101 Å². The number of hydrogen-bond acceptors (Lipinski definition) is 7. The zero-order chi connectivity index (χ0) is 24.6. The van der Waals surface area contributed by atoms with Gasteiger partial charge in [0.15, 0.2) is 11.0 Å². The lowest BCUT2D eigenvalue weighted by atomic mass is 9.85. The van der Waals surface area contributed by atoms with Gasteiger partial charge in [-0.3, -0.25) is 19.9 Å². The number of carbonyl (C=O) groups is 2. The number of aromatic nitrogens is 3. The molecule has 2 aliphatic rings. The summed E-state index contributed by atoms with van der Waals surface area (Å²) in [5, 5.41) is 5.28. The normalized spacial score (nSPS) is 15.5. The van der Waals surface area contributed by atoms with Crippen LogP contribution in [0, 0.1) is 6.92 Å². The number of thiazole rings is 1. The number of carbonyl (C=O) groups excluding carboxylic acids is 2. The molecule has 4 aromatic rings. The van der Waals surface area contributed by atoms with Crippen molar-refractivity contribution >= 4 is 34.0 Å². The lowest BCUT2D eigenvalue weighted by Gasteiger charge is -2.29. The summed E-state index contributed by atoms with van der Waals surface area (Å²) < 4.78 is 5.78. The molecule has 1 fully saturated rings. The van der Waals surface area contributed by atoms with Crippen LogP contribution >= 0.6 is 11.3 Å². The minimum atomic E-state index is -0.332. The lowest BCUT2D eigenvalue weighted by Crippen LogP contribution is -2.34. The van der Waals surface area contributed by atoms with E-state index in [-0.39, 0.29) is 17.6 Å². The molecule has 1 saturated carbocycles. The molecule has 0 saturated heterocycles. The molecule has 9 heteroatoms. The molecule has 182 valence electrons. The molecule has 0 unspecified atom stereocenters. The molecule has 2 amide bonds. The highest BCUT2D eigenvalue weighted by molar-refractivity contribution is 7.14. The number of aryl methyl sites for hydroxylation is 2. The van der Waals surface area contributed by atoms with Crippen LogP contribution in [-0.4, -0.2) is 26.8 Å². The summed E-state index contributed by atoms with van der Waals surface area (Å²) in [6.45, 7) is 2.29. The van der Waals surface area contributed by atoms with Crippen LogP contribution < -0.4 is 10.2 Å². The first-order valence-electron chi connectivity index (χ1n) is 12.1. The molecule has 0 bridgehead atoms. The van der Waals surface area contributed by atoms with Crippen LogP contribution in [-0.2, 0) is 17.8 Å². The maximum atomic E-state index is 12.8. The Morgan fingerprint density at radius 2 is 2.11 bits per heavy atom. The summed E-state index contributed by atoms with van der Waals surface area (Å²) in [6.07, 6.45) is 7.97. The van der Waals surface area contributed by atoms with Crippen molar-refractivity contribution in [2.75, 3.05) is 10.2 Å². The van der Waals surface area contributed by atoms with Gasteiger partial charge in [0.1, 0.15) is 0 Å². The average molecular weight is 500 g/mol. The first-order valence-corrected chi connectivity index (χ1v) is 13.0.